The minimum atomic E-state index is -0.179. The number of ether oxygens (including phenoxy) is 1. The van der Waals surface area contributed by atoms with Crippen LogP contribution >= 0.6 is 11.3 Å². The summed E-state index contributed by atoms with van der Waals surface area (Å²) in [4.78, 5) is 29.5. The van der Waals surface area contributed by atoms with E-state index in [0.717, 1.165) is 10.4 Å². The summed E-state index contributed by atoms with van der Waals surface area (Å²) in [7, 11) is 1.79. The number of nitrogens with zero attached hydrogens (tertiary/aromatic N) is 2. The van der Waals surface area contributed by atoms with Crippen LogP contribution in [0.15, 0.2) is 47.8 Å². The van der Waals surface area contributed by atoms with E-state index in [4.69, 9.17) is 4.74 Å². The molecule has 144 valence electrons. The average molecular weight is 388 g/mol. The summed E-state index contributed by atoms with van der Waals surface area (Å²) in [5, 5.41) is 5.11. The summed E-state index contributed by atoms with van der Waals surface area (Å²) in [6.45, 7) is 2.79. The van der Waals surface area contributed by atoms with Crippen molar-refractivity contribution in [3.8, 4) is 0 Å². The van der Waals surface area contributed by atoms with Gasteiger partial charge in [-0.1, -0.05) is 36.4 Å². The van der Waals surface area contributed by atoms with Crippen molar-refractivity contribution in [1.82, 2.24) is 15.1 Å². The second-order valence-corrected chi connectivity index (χ2v) is 7.57. The van der Waals surface area contributed by atoms with E-state index in [-0.39, 0.29) is 30.9 Å². The topological polar surface area (TPSA) is 61.9 Å². The highest BCUT2D eigenvalue weighted by molar-refractivity contribution is 7.10. The largest absolute Gasteiger partial charge is 0.378 e. The maximum atomic E-state index is 12.6. The maximum absolute atomic E-state index is 12.6. The molecule has 1 saturated heterocycles. The molecule has 6 nitrogen and oxygen atoms in total. The number of nitrogens with one attached hydrogen (secondary N) is 1. The molecular formula is C20H25N3O3S. The Morgan fingerprint density at radius 3 is 2.56 bits per heavy atom. The zero-order valence-electron chi connectivity index (χ0n) is 15.5. The molecule has 0 radical (unpaired) electrons. The molecule has 27 heavy (non-hydrogen) atoms. The molecule has 2 heterocycles. The highest BCUT2D eigenvalue weighted by Crippen LogP contribution is 2.25. The molecule has 0 unspecified atom stereocenters. The number of carbonyl (C=O) groups excluding carboxylic acids is 2. The molecule has 1 aliphatic rings. The molecule has 7 heteroatoms. The van der Waals surface area contributed by atoms with E-state index in [2.05, 4.69) is 5.32 Å². The first-order chi connectivity index (χ1) is 13.1. The number of thiophene rings is 1. The van der Waals surface area contributed by atoms with Crippen molar-refractivity contribution >= 4 is 23.2 Å². The van der Waals surface area contributed by atoms with E-state index in [9.17, 15) is 9.59 Å². The SMILES string of the molecule is CN(CC(=O)N[C@H](c1ccccc1)c1cccs1)CC(=O)N1CCOCC1. The van der Waals surface area contributed by atoms with E-state index < -0.39 is 0 Å². The van der Waals surface area contributed by atoms with Crippen LogP contribution in [0.1, 0.15) is 16.5 Å². The van der Waals surface area contributed by atoms with Gasteiger partial charge in [0.1, 0.15) is 0 Å². The quantitative estimate of drug-likeness (QED) is 0.786. The Kier molecular flexibility index (Phi) is 6.98. The average Bonchev–Trinajstić information content (AvgIpc) is 3.22. The van der Waals surface area contributed by atoms with Gasteiger partial charge < -0.3 is 15.0 Å². The third kappa shape index (κ3) is 5.63. The summed E-state index contributed by atoms with van der Waals surface area (Å²) in [5.41, 5.74) is 1.04. The molecule has 1 atom stereocenters. The molecule has 0 spiro atoms. The molecule has 0 aliphatic carbocycles. The van der Waals surface area contributed by atoms with Crippen LogP contribution in [0.25, 0.3) is 0 Å². The third-order valence-electron chi connectivity index (χ3n) is 4.45. The van der Waals surface area contributed by atoms with Crippen molar-refractivity contribution in [3.63, 3.8) is 0 Å². The molecular weight excluding hydrogens is 362 g/mol. The molecule has 0 bridgehead atoms. The molecule has 3 rings (SSSR count). The minimum absolute atomic E-state index is 0.0338. The lowest BCUT2D eigenvalue weighted by atomic mass is 10.1. The second kappa shape index (κ2) is 9.64. The van der Waals surface area contributed by atoms with E-state index in [0.29, 0.717) is 26.3 Å². The fourth-order valence-corrected chi connectivity index (χ4v) is 3.87. The highest BCUT2D eigenvalue weighted by Gasteiger charge is 2.21. The van der Waals surface area contributed by atoms with Gasteiger partial charge in [0.05, 0.1) is 32.3 Å². The van der Waals surface area contributed by atoms with Gasteiger partial charge in [0, 0.05) is 18.0 Å². The van der Waals surface area contributed by atoms with Gasteiger partial charge in [0.15, 0.2) is 0 Å². The molecule has 1 N–H and O–H groups in total. The Labute approximate surface area is 163 Å². The monoisotopic (exact) mass is 387 g/mol. The fraction of sp³-hybridized carbons (Fsp3) is 0.400. The summed E-state index contributed by atoms with van der Waals surface area (Å²) < 4.78 is 5.27. The van der Waals surface area contributed by atoms with Crippen LogP contribution < -0.4 is 5.32 Å². The Morgan fingerprint density at radius 2 is 1.89 bits per heavy atom. The number of likely N-dealkylation sites (N-methyl/N-ethyl adjacent to an activating group) is 1. The van der Waals surface area contributed by atoms with Crippen molar-refractivity contribution in [2.45, 2.75) is 6.04 Å². The Bertz CT molecular complexity index is 730. The number of hydrogen-bond donors (Lipinski definition) is 1. The lowest BCUT2D eigenvalue weighted by molar-refractivity contribution is -0.136. The van der Waals surface area contributed by atoms with Gasteiger partial charge >= 0.3 is 0 Å². The molecule has 1 aromatic heterocycles. The van der Waals surface area contributed by atoms with Crippen molar-refractivity contribution in [2.75, 3.05) is 46.4 Å². The first kappa shape index (κ1) is 19.5. The number of hydrogen-bond acceptors (Lipinski definition) is 5. The van der Waals surface area contributed by atoms with Crippen LogP contribution in [0.2, 0.25) is 0 Å². The summed E-state index contributed by atoms with van der Waals surface area (Å²) in [6.07, 6.45) is 0. The molecule has 1 aromatic carbocycles. The van der Waals surface area contributed by atoms with Gasteiger partial charge in [-0.25, -0.2) is 0 Å². The van der Waals surface area contributed by atoms with Crippen LogP contribution in [0.5, 0.6) is 0 Å². The van der Waals surface area contributed by atoms with Gasteiger partial charge in [-0.2, -0.15) is 0 Å². The molecule has 1 fully saturated rings. The molecule has 0 saturated carbocycles. The van der Waals surface area contributed by atoms with Gasteiger partial charge in [-0.05, 0) is 24.1 Å². The smallest absolute Gasteiger partial charge is 0.236 e. The van der Waals surface area contributed by atoms with Crippen molar-refractivity contribution in [2.24, 2.45) is 0 Å². The Hall–Kier alpha value is -2.22. The summed E-state index contributed by atoms with van der Waals surface area (Å²) in [6, 6.07) is 13.7. The van der Waals surface area contributed by atoms with E-state index in [1.165, 1.54) is 0 Å². The van der Waals surface area contributed by atoms with Crippen molar-refractivity contribution in [3.05, 3.63) is 58.3 Å². The standard InChI is InChI=1S/C20H25N3O3S/c1-22(15-19(25)23-9-11-26-12-10-23)14-18(24)21-20(17-8-5-13-27-17)16-6-3-2-4-7-16/h2-8,13,20H,9-12,14-15H2,1H3,(H,21,24)/t20-/m1/s1. The lowest BCUT2D eigenvalue weighted by Gasteiger charge is -2.28. The number of rotatable bonds is 7. The van der Waals surface area contributed by atoms with Crippen molar-refractivity contribution in [1.29, 1.82) is 0 Å². The van der Waals surface area contributed by atoms with E-state index in [1.807, 2.05) is 47.8 Å². The summed E-state index contributed by atoms with van der Waals surface area (Å²) >= 11 is 1.62. The highest BCUT2D eigenvalue weighted by atomic mass is 32.1. The first-order valence-electron chi connectivity index (χ1n) is 9.05. The van der Waals surface area contributed by atoms with E-state index in [1.54, 1.807) is 28.2 Å². The predicted octanol–water partition coefficient (Wildman–Crippen LogP) is 1.74. The zero-order chi connectivity index (χ0) is 19.1. The van der Waals surface area contributed by atoms with Crippen LogP contribution in [-0.4, -0.2) is 68.1 Å². The predicted molar refractivity (Wildman–Crippen MR) is 106 cm³/mol. The van der Waals surface area contributed by atoms with Gasteiger partial charge in [-0.15, -0.1) is 11.3 Å². The molecule has 2 amide bonds. The number of carbonyl (C=O) groups is 2. The Morgan fingerprint density at radius 1 is 1.15 bits per heavy atom. The summed E-state index contributed by atoms with van der Waals surface area (Å²) in [5.74, 6) is -0.0685. The fourth-order valence-electron chi connectivity index (χ4n) is 3.07. The van der Waals surface area contributed by atoms with Crippen LogP contribution in [0, 0.1) is 0 Å². The van der Waals surface area contributed by atoms with E-state index >= 15 is 0 Å². The number of benzene rings is 1. The first-order valence-corrected chi connectivity index (χ1v) is 9.93. The molecule has 1 aliphatic heterocycles. The zero-order valence-corrected chi connectivity index (χ0v) is 16.3. The maximum Gasteiger partial charge on any atom is 0.236 e. The van der Waals surface area contributed by atoms with Gasteiger partial charge in [0.25, 0.3) is 0 Å². The van der Waals surface area contributed by atoms with Gasteiger partial charge in [-0.3, -0.25) is 14.5 Å². The third-order valence-corrected chi connectivity index (χ3v) is 5.39. The van der Waals surface area contributed by atoms with Crippen LogP contribution in [0.4, 0.5) is 0 Å². The number of morpholine rings is 1. The second-order valence-electron chi connectivity index (χ2n) is 6.59. The Balaban J connectivity index is 1.56. The number of amides is 2. The lowest BCUT2D eigenvalue weighted by Crippen LogP contribution is -2.46. The molecule has 2 aromatic rings. The van der Waals surface area contributed by atoms with Gasteiger partial charge in [0.2, 0.25) is 11.8 Å². The minimum Gasteiger partial charge on any atom is -0.378 e. The van der Waals surface area contributed by atoms with Crippen LogP contribution in [-0.2, 0) is 14.3 Å². The normalized spacial score (nSPS) is 15.6. The van der Waals surface area contributed by atoms with Crippen molar-refractivity contribution < 1.29 is 14.3 Å². The van der Waals surface area contributed by atoms with Crippen LogP contribution in [0.3, 0.4) is 0 Å².